The molecular weight excluding hydrogens is 775 g/mol. The molecule has 12 nitrogen and oxygen atoms in total. The van der Waals surface area contributed by atoms with Crippen molar-refractivity contribution in [3.8, 4) is 0 Å². The lowest BCUT2D eigenvalue weighted by Crippen LogP contribution is -2.60. The second kappa shape index (κ2) is 14.8. The van der Waals surface area contributed by atoms with E-state index < -0.39 is 12.5 Å². The predicted molar refractivity (Wildman–Crippen MR) is 232 cm³/mol. The van der Waals surface area contributed by atoms with Crippen LogP contribution in [0.2, 0.25) is 0 Å². The Morgan fingerprint density at radius 2 is 1.75 bits per heavy atom. The van der Waals surface area contributed by atoms with Crippen LogP contribution < -0.4 is 20.0 Å². The number of nitrogens with zero attached hydrogens (tertiary/aromatic N) is 8. The van der Waals surface area contributed by atoms with Crippen molar-refractivity contribution in [3.63, 3.8) is 0 Å². The molecule has 1 spiro atoms. The lowest BCUT2D eigenvalue weighted by molar-refractivity contribution is -0.126. The number of piperazine rings is 1. The molecule has 2 unspecified atom stereocenters. The fraction of sp³-hybridized carbons (Fsp3) is 0.532. The summed E-state index contributed by atoms with van der Waals surface area (Å²) in [5.74, 6) is 1.26. The second-order valence-electron chi connectivity index (χ2n) is 19.2. The largest absolute Gasteiger partial charge is 0.371 e. The zero-order valence-electron chi connectivity index (χ0n) is 35.3. The molecule has 3 saturated heterocycles. The van der Waals surface area contributed by atoms with Crippen LogP contribution >= 0.6 is 0 Å². The molecule has 11 rings (SSSR count). The van der Waals surface area contributed by atoms with Crippen LogP contribution in [0.1, 0.15) is 84.2 Å². The molecule has 61 heavy (non-hydrogen) atoms. The van der Waals surface area contributed by atoms with E-state index in [9.17, 15) is 18.4 Å². The van der Waals surface area contributed by atoms with Gasteiger partial charge in [0.05, 0.1) is 30.0 Å². The van der Waals surface area contributed by atoms with Gasteiger partial charge in [0.25, 0.3) is 12.3 Å². The fourth-order valence-electron chi connectivity index (χ4n) is 12.5. The maximum absolute atomic E-state index is 13.9. The standard InChI is InChI=1S/C47H56F2N10O2/c1-28-8-10-39(44(60)52-28)59-26-36-34(45(59)61)9-11-38-43(36)54(3)24-32-25-55(16-17-57(32)38)23-30-19-47(20-30)12-14-56(15-13-47)46-50-21-31(22-51-46)42-41-35(18-29(2)58(42)27-40(48)49)33-6-4-5-7-37(33)53-41/h4-7,9,11,21-22,29-30,32,39-40,42,53H,1,8,10,12-20,23-27H2,2-3H3,(H,52,60)/t29?,32-,39?,42-/m1/s1. The smallest absolute Gasteiger partial charge is 0.255 e. The molecule has 4 atom stereocenters. The van der Waals surface area contributed by atoms with Gasteiger partial charge in [0, 0.05) is 117 Å². The highest BCUT2D eigenvalue weighted by molar-refractivity contribution is 6.04. The van der Waals surface area contributed by atoms with E-state index in [0.29, 0.717) is 36.8 Å². The van der Waals surface area contributed by atoms with Gasteiger partial charge in [-0.25, -0.2) is 18.7 Å². The van der Waals surface area contributed by atoms with E-state index in [1.165, 1.54) is 24.1 Å². The van der Waals surface area contributed by atoms with E-state index in [4.69, 9.17) is 9.97 Å². The molecule has 320 valence electrons. The number of H-pyrrole nitrogens is 1. The fourth-order valence-corrected chi connectivity index (χ4v) is 12.5. The van der Waals surface area contributed by atoms with Gasteiger partial charge in [0.2, 0.25) is 11.9 Å². The molecule has 6 aliphatic heterocycles. The van der Waals surface area contributed by atoms with Crippen molar-refractivity contribution in [1.29, 1.82) is 0 Å². The number of likely N-dealkylation sites (N-methyl/N-ethyl adjacent to an activating group) is 1. The second-order valence-corrected chi connectivity index (χ2v) is 19.2. The van der Waals surface area contributed by atoms with Gasteiger partial charge in [-0.15, -0.1) is 0 Å². The first-order valence-electron chi connectivity index (χ1n) is 22.4. The monoisotopic (exact) mass is 830 g/mol. The highest BCUT2D eigenvalue weighted by atomic mass is 19.3. The molecule has 0 radical (unpaired) electrons. The van der Waals surface area contributed by atoms with Crippen molar-refractivity contribution < 1.29 is 18.4 Å². The van der Waals surface area contributed by atoms with Crippen molar-refractivity contribution in [1.82, 2.24) is 35.0 Å². The van der Waals surface area contributed by atoms with Crippen molar-refractivity contribution in [2.45, 2.75) is 89.0 Å². The lowest BCUT2D eigenvalue weighted by Gasteiger charge is -2.55. The number of fused-ring (bicyclic) bond motifs is 8. The van der Waals surface area contributed by atoms with Gasteiger partial charge in [-0.05, 0) is 87.0 Å². The summed E-state index contributed by atoms with van der Waals surface area (Å²) in [7, 11) is 2.16. The van der Waals surface area contributed by atoms with Crippen LogP contribution in [0.25, 0.3) is 10.9 Å². The Balaban J connectivity index is 0.699. The van der Waals surface area contributed by atoms with Crippen LogP contribution in [-0.4, -0.2) is 125 Å². The molecule has 2 aromatic carbocycles. The van der Waals surface area contributed by atoms with Gasteiger partial charge in [-0.1, -0.05) is 24.8 Å². The summed E-state index contributed by atoms with van der Waals surface area (Å²) in [6.45, 7) is 13.1. The topological polar surface area (TPSA) is 107 Å². The predicted octanol–water partition coefficient (Wildman–Crippen LogP) is 5.94. The Bertz CT molecular complexity index is 2390. The zero-order chi connectivity index (χ0) is 41.7. The molecule has 2 amide bonds. The average molecular weight is 831 g/mol. The van der Waals surface area contributed by atoms with E-state index in [1.807, 2.05) is 42.4 Å². The van der Waals surface area contributed by atoms with Crippen LogP contribution in [0.4, 0.5) is 26.1 Å². The van der Waals surface area contributed by atoms with Crippen molar-refractivity contribution >= 4 is 40.0 Å². The number of allylic oxidation sites excluding steroid dienone is 1. The number of halogens is 2. The third kappa shape index (κ3) is 6.58. The number of aromatic nitrogens is 3. The molecule has 4 aromatic rings. The molecule has 4 fully saturated rings. The molecule has 1 saturated carbocycles. The Hall–Kier alpha value is -5.08. The summed E-state index contributed by atoms with van der Waals surface area (Å²) >= 11 is 0. The minimum atomic E-state index is -2.43. The van der Waals surface area contributed by atoms with Crippen molar-refractivity contribution in [2.24, 2.45) is 11.3 Å². The molecule has 0 bridgehead atoms. The molecule has 1 aliphatic carbocycles. The number of hydrogen-bond donors (Lipinski definition) is 2. The number of anilines is 3. The van der Waals surface area contributed by atoms with Crippen molar-refractivity contribution in [2.75, 3.05) is 74.1 Å². The van der Waals surface area contributed by atoms with Crippen LogP contribution in [0.5, 0.6) is 0 Å². The van der Waals surface area contributed by atoms with Gasteiger partial charge in [0.1, 0.15) is 6.04 Å². The van der Waals surface area contributed by atoms with Crippen LogP contribution in [0.3, 0.4) is 0 Å². The quantitative estimate of drug-likeness (QED) is 0.234. The van der Waals surface area contributed by atoms with E-state index >= 15 is 0 Å². The summed E-state index contributed by atoms with van der Waals surface area (Å²) in [4.78, 5) is 53.3. The number of nitrogens with one attached hydrogen (secondary N) is 2. The highest BCUT2D eigenvalue weighted by Crippen LogP contribution is 2.53. The number of alkyl halides is 2. The molecular formula is C47H56F2N10O2. The summed E-state index contributed by atoms with van der Waals surface area (Å²) in [6, 6.07) is 11.9. The van der Waals surface area contributed by atoms with Crippen molar-refractivity contribution in [3.05, 3.63) is 89.0 Å². The number of rotatable bonds is 7. The number of carbonyl (C=O) groups excluding carboxylic acids is 2. The van der Waals surface area contributed by atoms with Gasteiger partial charge in [-0.3, -0.25) is 19.4 Å². The number of hydrogen-bond acceptors (Lipinski definition) is 9. The minimum Gasteiger partial charge on any atom is -0.371 e. The Kier molecular flexibility index (Phi) is 9.41. The molecule has 2 N–H and O–H groups in total. The van der Waals surface area contributed by atoms with Gasteiger partial charge >= 0.3 is 0 Å². The van der Waals surface area contributed by atoms with Gasteiger partial charge < -0.3 is 29.9 Å². The molecule has 14 heteroatoms. The summed E-state index contributed by atoms with van der Waals surface area (Å²) in [5.41, 5.74) is 9.30. The Morgan fingerprint density at radius 1 is 0.967 bits per heavy atom. The van der Waals surface area contributed by atoms with Crippen LogP contribution in [0.15, 0.2) is 61.1 Å². The third-order valence-electron chi connectivity index (χ3n) is 15.4. The van der Waals surface area contributed by atoms with E-state index in [-0.39, 0.29) is 30.4 Å². The maximum Gasteiger partial charge on any atom is 0.255 e. The third-order valence-corrected chi connectivity index (χ3v) is 15.4. The number of para-hydroxylation sites is 1. The molecule has 7 aliphatic rings. The van der Waals surface area contributed by atoms with Gasteiger partial charge in [0.15, 0.2) is 0 Å². The van der Waals surface area contributed by atoms with E-state index in [0.717, 1.165) is 116 Å². The summed E-state index contributed by atoms with van der Waals surface area (Å²) in [5, 5.41) is 4.02. The Morgan fingerprint density at radius 3 is 2.52 bits per heavy atom. The first-order chi connectivity index (χ1) is 29.5. The normalized spacial score (nSPS) is 26.7. The average Bonchev–Trinajstić information content (AvgIpc) is 3.77. The Labute approximate surface area is 355 Å². The number of amides is 2. The highest BCUT2D eigenvalue weighted by Gasteiger charge is 2.48. The summed E-state index contributed by atoms with van der Waals surface area (Å²) in [6.07, 6.45) is 8.13. The summed E-state index contributed by atoms with van der Waals surface area (Å²) < 4.78 is 27.8. The van der Waals surface area contributed by atoms with E-state index in [1.54, 1.807) is 4.90 Å². The number of piperidine rings is 2. The molecule has 8 heterocycles. The molecule has 2 aromatic heterocycles. The number of benzene rings is 2. The minimum absolute atomic E-state index is 0.0466. The zero-order valence-corrected chi connectivity index (χ0v) is 35.3. The number of carbonyl (C=O) groups is 2. The van der Waals surface area contributed by atoms with E-state index in [2.05, 4.69) is 61.7 Å². The first kappa shape index (κ1) is 38.8. The number of aromatic amines is 1. The lowest BCUT2D eigenvalue weighted by atomic mass is 9.57. The first-order valence-corrected chi connectivity index (χ1v) is 22.4. The van der Waals surface area contributed by atoms with Crippen LogP contribution in [0, 0.1) is 11.3 Å². The maximum atomic E-state index is 13.9. The van der Waals surface area contributed by atoms with Gasteiger partial charge in [-0.2, -0.15) is 0 Å². The van der Waals surface area contributed by atoms with Crippen LogP contribution in [-0.2, 0) is 17.8 Å². The SMILES string of the molecule is C=C1CCC(N2Cc3c(ccc4c3N(C)C[C@@H]3CN(CC5CC6(CCN(c7ncc([C@@H]8c9[nH]c%10ccccc%10c9CC(C)N8CC(F)F)cn7)CC6)C5)CCN43)C2=O)C(=O)N1.